The van der Waals surface area contributed by atoms with Crippen molar-refractivity contribution in [1.29, 1.82) is 0 Å². The summed E-state index contributed by atoms with van der Waals surface area (Å²) in [5.74, 6) is 0. The minimum Gasteiger partial charge on any atom is -0.307 e. The molecule has 1 aliphatic carbocycles. The predicted octanol–water partition coefficient (Wildman–Crippen LogP) is 4.36. The van der Waals surface area contributed by atoms with Crippen LogP contribution in [0.3, 0.4) is 0 Å². The molecule has 2 aromatic rings. The van der Waals surface area contributed by atoms with E-state index in [4.69, 9.17) is 0 Å². The first-order valence-corrected chi connectivity index (χ1v) is 7.76. The highest BCUT2D eigenvalue weighted by Gasteiger charge is 2.25. The van der Waals surface area contributed by atoms with Crippen LogP contribution in [-0.2, 0) is 6.54 Å². The zero-order valence-corrected chi connectivity index (χ0v) is 12.6. The fourth-order valence-corrected chi connectivity index (χ4v) is 3.21. The number of nitrogens with one attached hydrogen (secondary N) is 1. The number of rotatable bonds is 3. The molecule has 0 saturated heterocycles. The smallest absolute Gasteiger partial charge is 0.0705 e. The second-order valence-electron chi connectivity index (χ2n) is 6.45. The van der Waals surface area contributed by atoms with Gasteiger partial charge in [-0.25, -0.2) is 0 Å². The zero-order valence-electron chi connectivity index (χ0n) is 12.6. The van der Waals surface area contributed by atoms with E-state index in [0.717, 1.165) is 17.8 Å². The quantitative estimate of drug-likeness (QED) is 0.895. The Morgan fingerprint density at radius 3 is 2.70 bits per heavy atom. The number of hydrogen-bond donors (Lipinski definition) is 1. The van der Waals surface area contributed by atoms with Crippen molar-refractivity contribution in [2.45, 2.75) is 58.0 Å². The molecule has 1 N–H and O–H groups in total. The summed E-state index contributed by atoms with van der Waals surface area (Å²) >= 11 is 0. The Morgan fingerprint density at radius 1 is 1.10 bits per heavy atom. The number of benzene rings is 1. The summed E-state index contributed by atoms with van der Waals surface area (Å²) < 4.78 is 0. The Morgan fingerprint density at radius 2 is 1.90 bits per heavy atom. The first kappa shape index (κ1) is 13.6. The molecule has 1 aromatic carbocycles. The Hall–Kier alpha value is -1.41. The third-order valence-electron chi connectivity index (χ3n) is 4.57. The molecule has 20 heavy (non-hydrogen) atoms. The number of hydrogen-bond acceptors (Lipinski definition) is 2. The highest BCUT2D eigenvalue weighted by atomic mass is 15.0. The monoisotopic (exact) mass is 268 g/mol. The van der Waals surface area contributed by atoms with Gasteiger partial charge in [-0.2, -0.15) is 0 Å². The van der Waals surface area contributed by atoms with Crippen LogP contribution in [0.5, 0.6) is 0 Å². The van der Waals surface area contributed by atoms with E-state index < -0.39 is 0 Å². The molecule has 1 aliphatic rings. The SMILES string of the molecule is Cc1ccc2cc(CNC3(C)CCCCC3)ccc2n1. The third kappa shape index (κ3) is 3.01. The van der Waals surface area contributed by atoms with Gasteiger partial charge in [0.15, 0.2) is 0 Å². The van der Waals surface area contributed by atoms with Crippen molar-refractivity contribution in [3.05, 3.63) is 41.6 Å². The van der Waals surface area contributed by atoms with Crippen LogP contribution in [0.25, 0.3) is 10.9 Å². The van der Waals surface area contributed by atoms with Crippen LogP contribution in [0.1, 0.15) is 50.3 Å². The van der Waals surface area contributed by atoms with E-state index in [-0.39, 0.29) is 0 Å². The molecule has 1 saturated carbocycles. The topological polar surface area (TPSA) is 24.9 Å². The lowest BCUT2D eigenvalue weighted by molar-refractivity contribution is 0.252. The van der Waals surface area contributed by atoms with Crippen LogP contribution in [0.2, 0.25) is 0 Å². The average Bonchev–Trinajstić information content (AvgIpc) is 2.46. The molecule has 2 heteroatoms. The number of aryl methyl sites for hydroxylation is 1. The van der Waals surface area contributed by atoms with Gasteiger partial charge in [-0.05, 0) is 50.5 Å². The number of nitrogens with zero attached hydrogens (tertiary/aromatic N) is 1. The van der Waals surface area contributed by atoms with Crippen LogP contribution in [0, 0.1) is 6.92 Å². The lowest BCUT2D eigenvalue weighted by Gasteiger charge is -2.34. The van der Waals surface area contributed by atoms with Crippen molar-refractivity contribution < 1.29 is 0 Å². The van der Waals surface area contributed by atoms with Gasteiger partial charge in [0.1, 0.15) is 0 Å². The van der Waals surface area contributed by atoms with E-state index in [1.165, 1.54) is 43.1 Å². The van der Waals surface area contributed by atoms with E-state index in [2.05, 4.69) is 47.6 Å². The van der Waals surface area contributed by atoms with Gasteiger partial charge in [0.2, 0.25) is 0 Å². The molecule has 0 aliphatic heterocycles. The summed E-state index contributed by atoms with van der Waals surface area (Å²) in [6.45, 7) is 5.37. The van der Waals surface area contributed by atoms with E-state index in [1.54, 1.807) is 0 Å². The zero-order chi connectivity index (χ0) is 14.0. The van der Waals surface area contributed by atoms with Crippen LogP contribution >= 0.6 is 0 Å². The second-order valence-corrected chi connectivity index (χ2v) is 6.45. The van der Waals surface area contributed by atoms with Gasteiger partial charge >= 0.3 is 0 Å². The normalized spacial score (nSPS) is 18.3. The summed E-state index contributed by atoms with van der Waals surface area (Å²) in [5.41, 5.74) is 3.87. The molecular weight excluding hydrogens is 244 g/mol. The highest BCUT2D eigenvalue weighted by Crippen LogP contribution is 2.28. The van der Waals surface area contributed by atoms with Gasteiger partial charge in [-0.15, -0.1) is 0 Å². The van der Waals surface area contributed by atoms with Gasteiger partial charge in [0.05, 0.1) is 5.52 Å². The van der Waals surface area contributed by atoms with E-state index in [1.807, 2.05) is 6.92 Å². The van der Waals surface area contributed by atoms with Crippen LogP contribution in [0.4, 0.5) is 0 Å². The Balaban J connectivity index is 1.72. The standard InChI is InChI=1S/C18H24N2/c1-14-6-8-16-12-15(7-9-17(16)20-14)13-19-18(2)10-4-3-5-11-18/h6-9,12,19H,3-5,10-11,13H2,1-2H3. The number of fused-ring (bicyclic) bond motifs is 1. The van der Waals surface area contributed by atoms with Crippen molar-refractivity contribution in [2.24, 2.45) is 0 Å². The van der Waals surface area contributed by atoms with E-state index in [9.17, 15) is 0 Å². The molecule has 0 spiro atoms. The average molecular weight is 268 g/mol. The van der Waals surface area contributed by atoms with Gasteiger partial charge in [-0.3, -0.25) is 4.98 Å². The Kier molecular flexibility index (Phi) is 3.75. The summed E-state index contributed by atoms with van der Waals surface area (Å²) in [4.78, 5) is 4.56. The van der Waals surface area contributed by atoms with E-state index in [0.29, 0.717) is 5.54 Å². The molecule has 1 aromatic heterocycles. The first-order chi connectivity index (χ1) is 9.65. The van der Waals surface area contributed by atoms with E-state index >= 15 is 0 Å². The minimum absolute atomic E-state index is 0.332. The lowest BCUT2D eigenvalue weighted by Crippen LogP contribution is -2.43. The fourth-order valence-electron chi connectivity index (χ4n) is 3.21. The molecule has 0 radical (unpaired) electrons. The molecule has 0 amide bonds. The maximum atomic E-state index is 4.56. The van der Waals surface area contributed by atoms with Gasteiger partial charge in [-0.1, -0.05) is 31.4 Å². The van der Waals surface area contributed by atoms with Crippen molar-refractivity contribution in [2.75, 3.05) is 0 Å². The summed E-state index contributed by atoms with van der Waals surface area (Å²) in [7, 11) is 0. The van der Waals surface area contributed by atoms with Crippen LogP contribution in [-0.4, -0.2) is 10.5 Å². The molecule has 1 heterocycles. The summed E-state index contributed by atoms with van der Waals surface area (Å²) in [6.07, 6.45) is 6.75. The van der Waals surface area contributed by atoms with Crippen molar-refractivity contribution in [3.8, 4) is 0 Å². The third-order valence-corrected chi connectivity index (χ3v) is 4.57. The minimum atomic E-state index is 0.332. The van der Waals surface area contributed by atoms with Gasteiger partial charge in [0, 0.05) is 23.2 Å². The highest BCUT2D eigenvalue weighted by molar-refractivity contribution is 5.79. The Bertz CT molecular complexity index is 597. The second kappa shape index (κ2) is 5.53. The largest absolute Gasteiger partial charge is 0.307 e. The van der Waals surface area contributed by atoms with Gasteiger partial charge in [0.25, 0.3) is 0 Å². The first-order valence-electron chi connectivity index (χ1n) is 7.76. The molecule has 0 atom stereocenters. The molecule has 3 rings (SSSR count). The van der Waals surface area contributed by atoms with Crippen LogP contribution < -0.4 is 5.32 Å². The number of pyridine rings is 1. The van der Waals surface area contributed by atoms with Crippen molar-refractivity contribution >= 4 is 10.9 Å². The van der Waals surface area contributed by atoms with Crippen LogP contribution in [0.15, 0.2) is 30.3 Å². The fraction of sp³-hybridized carbons (Fsp3) is 0.500. The molecule has 0 bridgehead atoms. The predicted molar refractivity (Wildman–Crippen MR) is 84.8 cm³/mol. The maximum absolute atomic E-state index is 4.56. The lowest BCUT2D eigenvalue weighted by atomic mass is 9.83. The molecule has 1 fully saturated rings. The summed E-state index contributed by atoms with van der Waals surface area (Å²) in [5, 5.41) is 5.01. The Labute approximate surface area is 121 Å². The molecule has 0 unspecified atom stereocenters. The number of aromatic nitrogens is 1. The van der Waals surface area contributed by atoms with Crippen molar-refractivity contribution in [3.63, 3.8) is 0 Å². The maximum Gasteiger partial charge on any atom is 0.0705 e. The molecule has 2 nitrogen and oxygen atoms in total. The molecule has 106 valence electrons. The van der Waals surface area contributed by atoms with Gasteiger partial charge < -0.3 is 5.32 Å². The summed E-state index contributed by atoms with van der Waals surface area (Å²) in [6, 6.07) is 10.9. The molecular formula is C18H24N2. The van der Waals surface area contributed by atoms with Crippen molar-refractivity contribution in [1.82, 2.24) is 10.3 Å².